The minimum atomic E-state index is -0.415. The topological polar surface area (TPSA) is 44.5 Å². The Morgan fingerprint density at radius 1 is 0.871 bits per heavy atom. The van der Waals surface area contributed by atoms with Gasteiger partial charge in [0.05, 0.1) is 6.10 Å². The van der Waals surface area contributed by atoms with Crippen LogP contribution in [0.25, 0.3) is 0 Å². The lowest BCUT2D eigenvalue weighted by Crippen LogP contribution is -2.31. The average Bonchev–Trinajstić information content (AvgIpc) is 2.71. The number of unbranched alkanes of at least 4 members (excludes halogenated alkanes) is 5. The summed E-state index contributed by atoms with van der Waals surface area (Å²) < 4.78 is 12.4. The minimum absolute atomic E-state index is 0. The summed E-state index contributed by atoms with van der Waals surface area (Å²) in [6.45, 7) is 10.3. The molecule has 2 aromatic rings. The molecule has 0 aliphatic carbocycles. The van der Waals surface area contributed by atoms with Crippen LogP contribution in [0.3, 0.4) is 0 Å². The van der Waals surface area contributed by atoms with Gasteiger partial charge >= 0.3 is 0 Å². The van der Waals surface area contributed by atoms with Gasteiger partial charge in [0.15, 0.2) is 6.29 Å². The van der Waals surface area contributed by atoms with Gasteiger partial charge in [0, 0.05) is 5.54 Å². The normalized spacial score (nSPS) is 13.4. The van der Waals surface area contributed by atoms with Gasteiger partial charge in [-0.25, -0.2) is 0 Å². The van der Waals surface area contributed by atoms with E-state index in [9.17, 15) is 0 Å². The predicted molar refractivity (Wildman–Crippen MR) is 134 cm³/mol. The first-order valence-electron chi connectivity index (χ1n) is 11.6. The van der Waals surface area contributed by atoms with E-state index >= 15 is 0 Å². The van der Waals surface area contributed by atoms with Crippen LogP contribution in [-0.2, 0) is 16.7 Å². The number of benzene rings is 2. The van der Waals surface area contributed by atoms with Crippen LogP contribution >= 0.6 is 12.4 Å². The molecule has 0 aliphatic rings. The Balaban J connectivity index is 0.00000480. The van der Waals surface area contributed by atoms with Crippen molar-refractivity contribution in [3.05, 3.63) is 65.2 Å². The molecule has 2 rings (SSSR count). The molecule has 0 heterocycles. The van der Waals surface area contributed by atoms with Gasteiger partial charge in [-0.05, 0) is 63.3 Å². The summed E-state index contributed by atoms with van der Waals surface area (Å²) in [5, 5.41) is 0. The van der Waals surface area contributed by atoms with Gasteiger partial charge in [-0.15, -0.1) is 12.4 Å². The molecule has 2 N–H and O–H groups in total. The summed E-state index contributed by atoms with van der Waals surface area (Å²) >= 11 is 0. The minimum Gasteiger partial charge on any atom is -0.465 e. The van der Waals surface area contributed by atoms with Gasteiger partial charge in [-0.1, -0.05) is 81.5 Å². The highest BCUT2D eigenvalue weighted by atomic mass is 35.5. The molecule has 0 saturated heterocycles. The Labute approximate surface area is 196 Å². The Bertz CT molecular complexity index is 757. The largest absolute Gasteiger partial charge is 0.465 e. The number of ether oxygens (including phenoxy) is 2. The maximum absolute atomic E-state index is 6.37. The van der Waals surface area contributed by atoms with E-state index in [4.69, 9.17) is 15.2 Å². The van der Waals surface area contributed by atoms with Crippen LogP contribution in [0.5, 0.6) is 5.75 Å². The van der Waals surface area contributed by atoms with E-state index in [1.165, 1.54) is 44.1 Å². The number of hydrogen-bond donors (Lipinski definition) is 1. The summed E-state index contributed by atoms with van der Waals surface area (Å²) in [5.41, 5.74) is 9.43. The maximum Gasteiger partial charge on any atom is 0.197 e. The average molecular weight is 448 g/mol. The Hall–Kier alpha value is -1.55. The van der Waals surface area contributed by atoms with E-state index < -0.39 is 5.54 Å². The van der Waals surface area contributed by atoms with Crippen molar-refractivity contribution < 1.29 is 9.47 Å². The second-order valence-electron chi connectivity index (χ2n) is 8.90. The lowest BCUT2D eigenvalue weighted by molar-refractivity contribution is -0.104. The van der Waals surface area contributed by atoms with E-state index in [1.807, 2.05) is 45.0 Å². The summed E-state index contributed by atoms with van der Waals surface area (Å²) in [6.07, 6.45) is 8.39. The first kappa shape index (κ1) is 27.5. The van der Waals surface area contributed by atoms with E-state index in [0.29, 0.717) is 0 Å². The molecular formula is C27H42ClNO2. The van der Waals surface area contributed by atoms with Gasteiger partial charge in [0.2, 0.25) is 0 Å². The van der Waals surface area contributed by atoms with Crippen LogP contribution < -0.4 is 10.5 Å². The summed E-state index contributed by atoms with van der Waals surface area (Å²) in [6, 6.07) is 16.6. The lowest BCUT2D eigenvalue weighted by atomic mass is 9.89. The van der Waals surface area contributed by atoms with Crippen LogP contribution in [0.15, 0.2) is 48.5 Å². The molecule has 0 radical (unpaired) electrons. The van der Waals surface area contributed by atoms with Gasteiger partial charge in [0.1, 0.15) is 5.75 Å². The van der Waals surface area contributed by atoms with Gasteiger partial charge in [-0.2, -0.15) is 0 Å². The lowest BCUT2D eigenvalue weighted by Gasteiger charge is -2.28. The third kappa shape index (κ3) is 9.22. The third-order valence-electron chi connectivity index (χ3n) is 5.55. The highest BCUT2D eigenvalue weighted by Gasteiger charge is 2.22. The molecule has 174 valence electrons. The monoisotopic (exact) mass is 447 g/mol. The number of para-hydroxylation sites is 1. The Kier molecular flexibility index (Phi) is 12.2. The second kappa shape index (κ2) is 13.8. The molecule has 0 bridgehead atoms. The fourth-order valence-electron chi connectivity index (χ4n) is 3.93. The fourth-order valence-corrected chi connectivity index (χ4v) is 3.93. The SMILES string of the molecule is CCCCCCCCc1ccccc1OC(C)OC(C)c1ccccc1C(C)(C)N.Cl. The summed E-state index contributed by atoms with van der Waals surface area (Å²) in [4.78, 5) is 0. The molecule has 0 aromatic heterocycles. The fraction of sp³-hybridized carbons (Fsp3) is 0.556. The molecule has 4 heteroatoms. The first-order valence-corrected chi connectivity index (χ1v) is 11.6. The number of halogens is 1. The molecular weight excluding hydrogens is 406 g/mol. The van der Waals surface area contributed by atoms with Gasteiger partial charge < -0.3 is 15.2 Å². The van der Waals surface area contributed by atoms with Gasteiger partial charge in [-0.3, -0.25) is 0 Å². The smallest absolute Gasteiger partial charge is 0.197 e. The van der Waals surface area contributed by atoms with Crippen molar-refractivity contribution in [3.63, 3.8) is 0 Å². The zero-order valence-electron chi connectivity index (χ0n) is 20.0. The number of rotatable bonds is 13. The summed E-state index contributed by atoms with van der Waals surface area (Å²) in [5.74, 6) is 0.929. The van der Waals surface area contributed by atoms with E-state index in [-0.39, 0.29) is 24.8 Å². The highest BCUT2D eigenvalue weighted by Crippen LogP contribution is 2.30. The van der Waals surface area contributed by atoms with Gasteiger partial charge in [0.25, 0.3) is 0 Å². The maximum atomic E-state index is 6.37. The van der Waals surface area contributed by atoms with Crippen LogP contribution in [0.2, 0.25) is 0 Å². The molecule has 31 heavy (non-hydrogen) atoms. The molecule has 0 spiro atoms. The van der Waals surface area contributed by atoms with E-state index in [2.05, 4.69) is 38.1 Å². The molecule has 0 aliphatic heterocycles. The van der Waals surface area contributed by atoms with Crippen molar-refractivity contribution in [1.29, 1.82) is 0 Å². The highest BCUT2D eigenvalue weighted by molar-refractivity contribution is 5.85. The number of hydrogen-bond acceptors (Lipinski definition) is 3. The first-order chi connectivity index (χ1) is 14.3. The molecule has 0 fully saturated rings. The van der Waals surface area contributed by atoms with Crippen molar-refractivity contribution in [1.82, 2.24) is 0 Å². The predicted octanol–water partition coefficient (Wildman–Crippen LogP) is 7.71. The molecule has 2 unspecified atom stereocenters. The van der Waals surface area contributed by atoms with Crippen molar-refractivity contribution in [2.24, 2.45) is 5.73 Å². The molecule has 2 aromatic carbocycles. The van der Waals surface area contributed by atoms with Crippen molar-refractivity contribution in [2.75, 3.05) is 0 Å². The number of nitrogens with two attached hydrogens (primary N) is 1. The van der Waals surface area contributed by atoms with E-state index in [0.717, 1.165) is 23.3 Å². The Morgan fingerprint density at radius 3 is 2.19 bits per heavy atom. The molecule has 3 nitrogen and oxygen atoms in total. The summed E-state index contributed by atoms with van der Waals surface area (Å²) in [7, 11) is 0. The zero-order valence-corrected chi connectivity index (χ0v) is 20.8. The van der Waals surface area contributed by atoms with Crippen LogP contribution in [-0.4, -0.2) is 6.29 Å². The van der Waals surface area contributed by atoms with Crippen molar-refractivity contribution >= 4 is 12.4 Å². The van der Waals surface area contributed by atoms with Crippen molar-refractivity contribution in [2.45, 2.75) is 97.5 Å². The van der Waals surface area contributed by atoms with Crippen LogP contribution in [0.1, 0.15) is 95.9 Å². The van der Waals surface area contributed by atoms with E-state index in [1.54, 1.807) is 0 Å². The second-order valence-corrected chi connectivity index (χ2v) is 8.90. The standard InChI is InChI=1S/C27H41NO2.ClH/c1-6-7-8-9-10-11-16-23-17-12-15-20-26(23)30-22(3)29-21(2)24-18-13-14-19-25(24)27(4,5)28;/h12-15,17-22H,6-11,16,28H2,1-5H3;1H. The molecule has 0 amide bonds. The molecule has 2 atom stereocenters. The Morgan fingerprint density at radius 2 is 1.48 bits per heavy atom. The van der Waals surface area contributed by atoms with Crippen LogP contribution in [0, 0.1) is 0 Å². The number of aryl methyl sites for hydroxylation is 1. The van der Waals surface area contributed by atoms with Crippen molar-refractivity contribution in [3.8, 4) is 5.75 Å². The quantitative estimate of drug-likeness (QED) is 0.252. The molecule has 0 saturated carbocycles. The third-order valence-corrected chi connectivity index (χ3v) is 5.55. The van der Waals surface area contributed by atoms with Crippen LogP contribution in [0.4, 0.5) is 0 Å². The zero-order chi connectivity index (χ0) is 22.0.